The zero-order chi connectivity index (χ0) is 15.2. The smallest absolute Gasteiger partial charge is 0.274 e. The number of methoxy groups -OCH3 is 1. The molecule has 0 aliphatic heterocycles. The minimum atomic E-state index is -0.117. The van der Waals surface area contributed by atoms with Crippen LogP contribution in [0.25, 0.3) is 0 Å². The van der Waals surface area contributed by atoms with Crippen molar-refractivity contribution in [3.05, 3.63) is 48.0 Å². The zero-order valence-corrected chi connectivity index (χ0v) is 12.3. The van der Waals surface area contributed by atoms with E-state index in [9.17, 15) is 4.79 Å². The number of nitrogens with zero attached hydrogens (tertiary/aromatic N) is 3. The van der Waals surface area contributed by atoms with Crippen LogP contribution in [0.3, 0.4) is 0 Å². The number of carbonyl (C=O) groups is 1. The van der Waals surface area contributed by atoms with Gasteiger partial charge in [0.25, 0.3) is 5.91 Å². The molecule has 21 heavy (non-hydrogen) atoms. The molecule has 6 nitrogen and oxygen atoms in total. The summed E-state index contributed by atoms with van der Waals surface area (Å²) in [5.41, 5.74) is 6.91. The zero-order valence-electron chi connectivity index (χ0n) is 12.3. The number of nitrogens with two attached hydrogens (primary N) is 1. The molecule has 0 spiro atoms. The Balaban J connectivity index is 2.04. The Kier molecular flexibility index (Phi) is 4.94. The summed E-state index contributed by atoms with van der Waals surface area (Å²) in [6, 6.07) is 7.65. The first-order valence-electron chi connectivity index (χ1n) is 6.74. The van der Waals surface area contributed by atoms with E-state index in [1.807, 2.05) is 28.8 Å². The Hall–Kier alpha value is -2.34. The second-order valence-electron chi connectivity index (χ2n) is 4.80. The second kappa shape index (κ2) is 6.90. The molecular formula is C15H20N4O2. The lowest BCUT2D eigenvalue weighted by atomic mass is 10.2. The Morgan fingerprint density at radius 3 is 3.00 bits per heavy atom. The molecule has 0 fully saturated rings. The lowest BCUT2D eigenvalue weighted by Gasteiger charge is -2.16. The van der Waals surface area contributed by atoms with Gasteiger partial charge >= 0.3 is 0 Å². The van der Waals surface area contributed by atoms with Crippen molar-refractivity contribution in [1.82, 2.24) is 14.5 Å². The van der Waals surface area contributed by atoms with Gasteiger partial charge in [0.15, 0.2) is 0 Å². The highest BCUT2D eigenvalue weighted by atomic mass is 16.5. The van der Waals surface area contributed by atoms with Crippen molar-refractivity contribution >= 4 is 5.91 Å². The highest BCUT2D eigenvalue weighted by Crippen LogP contribution is 2.14. The topological polar surface area (TPSA) is 73.4 Å². The number of rotatable bonds is 6. The molecule has 1 aromatic heterocycles. The van der Waals surface area contributed by atoms with Crippen LogP contribution >= 0.6 is 0 Å². The van der Waals surface area contributed by atoms with Gasteiger partial charge in [-0.25, -0.2) is 4.98 Å². The van der Waals surface area contributed by atoms with E-state index >= 15 is 0 Å². The molecule has 0 bridgehead atoms. The van der Waals surface area contributed by atoms with E-state index < -0.39 is 0 Å². The quantitative estimate of drug-likeness (QED) is 0.864. The van der Waals surface area contributed by atoms with E-state index in [0.29, 0.717) is 25.3 Å². The first-order valence-corrected chi connectivity index (χ1v) is 6.74. The van der Waals surface area contributed by atoms with Gasteiger partial charge in [0.05, 0.1) is 13.4 Å². The number of benzene rings is 1. The maximum atomic E-state index is 12.3. The third-order valence-electron chi connectivity index (χ3n) is 3.14. The summed E-state index contributed by atoms with van der Waals surface area (Å²) in [7, 11) is 3.38. The molecule has 6 heteroatoms. The molecule has 2 rings (SSSR count). The van der Waals surface area contributed by atoms with Crippen molar-refractivity contribution in [3.63, 3.8) is 0 Å². The van der Waals surface area contributed by atoms with Gasteiger partial charge in [0, 0.05) is 32.9 Å². The maximum absolute atomic E-state index is 12.3. The van der Waals surface area contributed by atoms with Crippen LogP contribution in [-0.4, -0.2) is 41.1 Å². The minimum Gasteiger partial charge on any atom is -0.497 e. The van der Waals surface area contributed by atoms with Crippen LogP contribution < -0.4 is 10.5 Å². The summed E-state index contributed by atoms with van der Waals surface area (Å²) in [6.07, 6.45) is 3.34. The molecule has 0 radical (unpaired) electrons. The Labute approximate surface area is 124 Å². The van der Waals surface area contributed by atoms with Crippen LogP contribution in [0, 0.1) is 0 Å². The number of aromatic nitrogens is 2. The van der Waals surface area contributed by atoms with Crippen molar-refractivity contribution < 1.29 is 9.53 Å². The Morgan fingerprint density at radius 2 is 2.29 bits per heavy atom. The monoisotopic (exact) mass is 288 g/mol. The second-order valence-corrected chi connectivity index (χ2v) is 4.80. The van der Waals surface area contributed by atoms with Crippen LogP contribution in [0.1, 0.15) is 16.1 Å². The number of amides is 1. The molecule has 0 atom stereocenters. The van der Waals surface area contributed by atoms with E-state index in [2.05, 4.69) is 4.98 Å². The fourth-order valence-corrected chi connectivity index (χ4v) is 2.05. The molecule has 0 saturated heterocycles. The standard InChI is InChI=1S/C15H20N4O2/c1-18(9-12-4-3-5-13(8-12)21-2)15(20)14-10-19(7-6-16)11-17-14/h3-5,8,10-11H,6-7,9,16H2,1-2H3. The average Bonchev–Trinajstić information content (AvgIpc) is 2.95. The summed E-state index contributed by atoms with van der Waals surface area (Å²) >= 11 is 0. The van der Waals surface area contributed by atoms with Gasteiger partial charge in [0.1, 0.15) is 11.4 Å². The fourth-order valence-electron chi connectivity index (χ4n) is 2.05. The fraction of sp³-hybridized carbons (Fsp3) is 0.333. The van der Waals surface area contributed by atoms with E-state index in [0.717, 1.165) is 11.3 Å². The summed E-state index contributed by atoms with van der Waals surface area (Å²) in [4.78, 5) is 18.1. The van der Waals surface area contributed by atoms with Gasteiger partial charge in [-0.1, -0.05) is 12.1 Å². The lowest BCUT2D eigenvalue weighted by molar-refractivity contribution is 0.0779. The average molecular weight is 288 g/mol. The third-order valence-corrected chi connectivity index (χ3v) is 3.14. The minimum absolute atomic E-state index is 0.117. The molecule has 0 saturated carbocycles. The highest BCUT2D eigenvalue weighted by Gasteiger charge is 2.15. The molecule has 112 valence electrons. The predicted octanol–water partition coefficient (Wildman–Crippen LogP) is 1.12. The molecule has 0 aliphatic rings. The summed E-state index contributed by atoms with van der Waals surface area (Å²) in [5, 5.41) is 0. The molecule has 2 aromatic rings. The third kappa shape index (κ3) is 3.82. The number of carbonyl (C=O) groups excluding carboxylic acids is 1. The first kappa shape index (κ1) is 15.1. The maximum Gasteiger partial charge on any atom is 0.274 e. The van der Waals surface area contributed by atoms with E-state index in [1.54, 1.807) is 31.6 Å². The van der Waals surface area contributed by atoms with Crippen LogP contribution in [0.4, 0.5) is 0 Å². The molecule has 1 heterocycles. The lowest BCUT2D eigenvalue weighted by Crippen LogP contribution is -2.26. The molecule has 1 amide bonds. The molecule has 0 aliphatic carbocycles. The van der Waals surface area contributed by atoms with Gasteiger partial charge in [-0.15, -0.1) is 0 Å². The van der Waals surface area contributed by atoms with Crippen LogP contribution in [-0.2, 0) is 13.1 Å². The number of ether oxygens (including phenoxy) is 1. The van der Waals surface area contributed by atoms with Gasteiger partial charge < -0.3 is 19.9 Å². The largest absolute Gasteiger partial charge is 0.497 e. The van der Waals surface area contributed by atoms with Gasteiger partial charge in [0.2, 0.25) is 0 Å². The number of hydrogen-bond acceptors (Lipinski definition) is 4. The Bertz CT molecular complexity index is 609. The molecule has 2 N–H and O–H groups in total. The summed E-state index contributed by atoms with van der Waals surface area (Å²) in [5.74, 6) is 0.661. The molecule has 0 unspecified atom stereocenters. The van der Waals surface area contributed by atoms with Gasteiger partial charge in [-0.3, -0.25) is 4.79 Å². The van der Waals surface area contributed by atoms with Crippen LogP contribution in [0.5, 0.6) is 5.75 Å². The highest BCUT2D eigenvalue weighted by molar-refractivity contribution is 5.91. The van der Waals surface area contributed by atoms with Crippen molar-refractivity contribution in [2.24, 2.45) is 5.73 Å². The Morgan fingerprint density at radius 1 is 1.48 bits per heavy atom. The van der Waals surface area contributed by atoms with Crippen molar-refractivity contribution in [3.8, 4) is 5.75 Å². The van der Waals surface area contributed by atoms with Crippen molar-refractivity contribution in [2.75, 3.05) is 20.7 Å². The van der Waals surface area contributed by atoms with E-state index in [1.165, 1.54) is 0 Å². The first-order chi connectivity index (χ1) is 10.1. The van der Waals surface area contributed by atoms with Crippen molar-refractivity contribution in [2.45, 2.75) is 13.1 Å². The van der Waals surface area contributed by atoms with Crippen molar-refractivity contribution in [1.29, 1.82) is 0 Å². The molecule has 1 aromatic carbocycles. The normalized spacial score (nSPS) is 10.4. The van der Waals surface area contributed by atoms with Crippen LogP contribution in [0.2, 0.25) is 0 Å². The number of imidazole rings is 1. The van der Waals surface area contributed by atoms with E-state index in [4.69, 9.17) is 10.5 Å². The summed E-state index contributed by atoms with van der Waals surface area (Å²) < 4.78 is 6.99. The van der Waals surface area contributed by atoms with Gasteiger partial charge in [-0.2, -0.15) is 0 Å². The number of hydrogen-bond donors (Lipinski definition) is 1. The van der Waals surface area contributed by atoms with Crippen LogP contribution in [0.15, 0.2) is 36.8 Å². The SMILES string of the molecule is COc1cccc(CN(C)C(=O)c2cn(CCN)cn2)c1. The molecular weight excluding hydrogens is 268 g/mol. The van der Waals surface area contributed by atoms with Gasteiger partial charge in [-0.05, 0) is 17.7 Å². The predicted molar refractivity (Wildman–Crippen MR) is 80.1 cm³/mol. The van der Waals surface area contributed by atoms with E-state index in [-0.39, 0.29) is 5.91 Å². The summed E-state index contributed by atoms with van der Waals surface area (Å²) in [6.45, 7) is 1.67.